The summed E-state index contributed by atoms with van der Waals surface area (Å²) in [6, 6.07) is 27.5. The highest BCUT2D eigenvalue weighted by Crippen LogP contribution is 2.36. The third kappa shape index (κ3) is 4.47. The molecule has 0 saturated heterocycles. The zero-order valence-corrected chi connectivity index (χ0v) is 22.0. The highest BCUT2D eigenvalue weighted by molar-refractivity contribution is 7.65. The van der Waals surface area contributed by atoms with Crippen molar-refractivity contribution in [3.63, 3.8) is 0 Å². The smallest absolute Gasteiger partial charge is 0.415 e. The molecule has 4 nitrogen and oxygen atoms in total. The number of benzene rings is 5. The maximum absolute atomic E-state index is 13.5. The summed E-state index contributed by atoms with van der Waals surface area (Å²) < 4.78 is 17.3. The van der Waals surface area contributed by atoms with Crippen molar-refractivity contribution in [1.82, 2.24) is 0 Å². The Kier molecular flexibility index (Phi) is 5.84. The normalized spacial score (nSPS) is 12.2. The van der Waals surface area contributed by atoms with Crippen LogP contribution in [0.25, 0.3) is 43.1 Å². The van der Waals surface area contributed by atoms with Crippen molar-refractivity contribution in [1.29, 1.82) is 0 Å². The number of amides is 1. The quantitative estimate of drug-likeness (QED) is 0.189. The maximum Gasteiger partial charge on any atom is 0.415 e. The number of anilines is 1. The fourth-order valence-corrected chi connectivity index (χ4v) is 5.11. The van der Waals surface area contributed by atoms with Crippen LogP contribution in [0.3, 0.4) is 0 Å². The van der Waals surface area contributed by atoms with E-state index in [0.717, 1.165) is 21.5 Å². The summed E-state index contributed by atoms with van der Waals surface area (Å²) >= 11 is 0.353. The molecule has 0 aliphatic rings. The van der Waals surface area contributed by atoms with E-state index >= 15 is 0 Å². The van der Waals surface area contributed by atoms with Gasteiger partial charge in [-0.3, -0.25) is 4.90 Å². The minimum absolute atomic E-state index is 0.353. The van der Waals surface area contributed by atoms with Gasteiger partial charge >= 0.3 is 6.09 Å². The minimum atomic E-state index is -0.875. The Hall–Kier alpha value is -3.70. The van der Waals surface area contributed by atoms with Crippen LogP contribution in [-0.2, 0) is 16.0 Å². The Morgan fingerprint density at radius 3 is 1.78 bits per heavy atom. The second-order valence-corrected chi connectivity index (χ2v) is 11.2. The number of rotatable bonds is 3. The predicted molar refractivity (Wildman–Crippen MR) is 153 cm³/mol. The third-order valence-electron chi connectivity index (χ3n) is 6.36. The first-order chi connectivity index (χ1) is 17.1. The molecule has 0 fully saturated rings. The lowest BCUT2D eigenvalue weighted by molar-refractivity contribution is 0.0562. The van der Waals surface area contributed by atoms with E-state index in [0.29, 0.717) is 16.9 Å². The molecule has 36 heavy (non-hydrogen) atoms. The number of hydrogen-bond acceptors (Lipinski definition) is 3. The Bertz CT molecular complexity index is 1710. The fraction of sp³-hybridized carbons (Fsp3) is 0.226. The van der Waals surface area contributed by atoms with Gasteiger partial charge in [0, 0.05) is 10.8 Å². The van der Waals surface area contributed by atoms with Crippen LogP contribution in [0.1, 0.15) is 34.6 Å². The van der Waals surface area contributed by atoms with E-state index in [1.54, 1.807) is 4.90 Å². The predicted octanol–water partition coefficient (Wildman–Crippen LogP) is 7.83. The average molecular weight is 496 g/mol. The van der Waals surface area contributed by atoms with Gasteiger partial charge in [0.2, 0.25) is 0 Å². The van der Waals surface area contributed by atoms with Gasteiger partial charge in [-0.25, -0.2) is 9.00 Å². The highest BCUT2D eigenvalue weighted by atomic mass is 32.1. The van der Waals surface area contributed by atoms with E-state index in [2.05, 4.69) is 66.7 Å². The molecule has 5 heteroatoms. The van der Waals surface area contributed by atoms with E-state index < -0.39 is 17.2 Å². The number of nitrogens with zero attached hydrogens (tertiary/aromatic N) is 1. The fourth-order valence-electron chi connectivity index (χ4n) is 4.77. The Balaban J connectivity index is 1.75. The number of carbonyl (C=O) groups excluding carboxylic acids is 1. The summed E-state index contributed by atoms with van der Waals surface area (Å²) in [4.78, 5) is 15.0. The van der Waals surface area contributed by atoms with E-state index in [9.17, 15) is 9.00 Å². The van der Waals surface area contributed by atoms with Crippen molar-refractivity contribution >= 4 is 71.5 Å². The molecule has 0 saturated carbocycles. The molecular formula is C31H29NO3S. The van der Waals surface area contributed by atoms with Gasteiger partial charge in [-0.1, -0.05) is 36.4 Å². The molecule has 0 atom stereocenters. The van der Waals surface area contributed by atoms with Gasteiger partial charge in [0.15, 0.2) is 0 Å². The lowest BCUT2D eigenvalue weighted by Crippen LogP contribution is -2.51. The van der Waals surface area contributed by atoms with Crippen molar-refractivity contribution in [2.45, 2.75) is 45.8 Å². The second-order valence-electron chi connectivity index (χ2n) is 10.8. The highest BCUT2D eigenvalue weighted by Gasteiger charge is 2.35. The Morgan fingerprint density at radius 2 is 1.22 bits per heavy atom. The number of hydrogen-bond donors (Lipinski definition) is 0. The topological polar surface area (TPSA) is 46.6 Å². The largest absolute Gasteiger partial charge is 0.443 e. The van der Waals surface area contributed by atoms with Gasteiger partial charge < -0.3 is 4.74 Å². The molecule has 5 rings (SSSR count). The number of fused-ring (bicyclic) bond motifs is 4. The van der Waals surface area contributed by atoms with E-state index in [-0.39, 0.29) is 0 Å². The molecule has 0 unspecified atom stereocenters. The molecule has 0 aromatic heterocycles. The van der Waals surface area contributed by atoms with Gasteiger partial charge in [0.1, 0.15) is 5.60 Å². The van der Waals surface area contributed by atoms with Crippen LogP contribution in [0.15, 0.2) is 78.9 Å². The molecule has 0 bridgehead atoms. The first-order valence-electron chi connectivity index (χ1n) is 12.0. The van der Waals surface area contributed by atoms with Crippen LogP contribution < -0.4 is 4.90 Å². The summed E-state index contributed by atoms with van der Waals surface area (Å²) in [6.07, 6.45) is -0.490. The molecule has 5 aromatic carbocycles. The van der Waals surface area contributed by atoms with Crippen LogP contribution in [0.5, 0.6) is 0 Å². The molecule has 182 valence electrons. The summed E-state index contributed by atoms with van der Waals surface area (Å²) in [5.41, 5.74) is -0.840. The molecule has 0 heterocycles. The standard InChI is InChI=1S/C31H29NO3S/c1-30(2,3)35-29(33)32(31(4,5)19-36-34)28-12-8-11-22-15-25-16-23-13-20-9-6-7-10-21(20)14-24(23)17-26(25)18-27(22)28/h6-19H,1-5H3. The first kappa shape index (κ1) is 24.0. The Labute approximate surface area is 214 Å². The van der Waals surface area contributed by atoms with Gasteiger partial charge in [-0.05, 0) is 115 Å². The molecular weight excluding hydrogens is 466 g/mol. The van der Waals surface area contributed by atoms with Crippen molar-refractivity contribution in [3.8, 4) is 0 Å². The van der Waals surface area contributed by atoms with Crippen molar-refractivity contribution in [2.24, 2.45) is 0 Å². The van der Waals surface area contributed by atoms with Gasteiger partial charge in [0.05, 0.1) is 22.5 Å². The van der Waals surface area contributed by atoms with E-state index in [1.165, 1.54) is 26.9 Å². The van der Waals surface area contributed by atoms with Crippen LogP contribution in [0.4, 0.5) is 10.5 Å². The number of carbonyl (C=O) groups is 1. The van der Waals surface area contributed by atoms with Crippen molar-refractivity contribution in [3.05, 3.63) is 78.9 Å². The first-order valence-corrected chi connectivity index (χ1v) is 12.8. The summed E-state index contributed by atoms with van der Waals surface area (Å²) in [6.45, 7) is 9.22. The molecule has 0 N–H and O–H groups in total. The molecule has 0 aliphatic carbocycles. The van der Waals surface area contributed by atoms with E-state index in [1.807, 2.05) is 46.8 Å². The molecule has 1 amide bonds. The zero-order valence-electron chi connectivity index (χ0n) is 21.2. The molecule has 0 aliphatic heterocycles. The molecule has 5 aromatic rings. The van der Waals surface area contributed by atoms with Crippen molar-refractivity contribution in [2.75, 3.05) is 4.90 Å². The summed E-state index contributed by atoms with van der Waals surface area (Å²) in [5, 5.41) is 10.5. The lowest BCUT2D eigenvalue weighted by Gasteiger charge is -2.37. The van der Waals surface area contributed by atoms with Gasteiger partial charge in [-0.2, -0.15) is 0 Å². The minimum Gasteiger partial charge on any atom is -0.443 e. The second kappa shape index (κ2) is 8.75. The Morgan fingerprint density at radius 1 is 0.722 bits per heavy atom. The molecule has 0 spiro atoms. The van der Waals surface area contributed by atoms with Crippen LogP contribution in [0, 0.1) is 0 Å². The van der Waals surface area contributed by atoms with Crippen LogP contribution in [0.2, 0.25) is 0 Å². The van der Waals surface area contributed by atoms with Crippen molar-refractivity contribution < 1.29 is 13.7 Å². The van der Waals surface area contributed by atoms with E-state index in [4.69, 9.17) is 4.74 Å². The van der Waals surface area contributed by atoms with Crippen LogP contribution in [-0.4, -0.2) is 26.8 Å². The SMILES string of the molecule is CC(C)(C)OC(=O)N(c1cccc2cc3cc4cc5ccccc5cc4cc3cc12)C(C)(C)C=S=O. The number of ether oxygens (including phenoxy) is 1. The zero-order chi connectivity index (χ0) is 25.7. The van der Waals surface area contributed by atoms with Crippen LogP contribution >= 0.6 is 0 Å². The van der Waals surface area contributed by atoms with Gasteiger partial charge in [0.25, 0.3) is 0 Å². The summed E-state index contributed by atoms with van der Waals surface area (Å²) in [7, 11) is 0. The maximum atomic E-state index is 13.5. The average Bonchev–Trinajstić information content (AvgIpc) is 2.79. The molecule has 0 radical (unpaired) electrons. The third-order valence-corrected chi connectivity index (χ3v) is 7.04. The lowest BCUT2D eigenvalue weighted by atomic mass is 9.96. The monoisotopic (exact) mass is 495 g/mol. The van der Waals surface area contributed by atoms with Gasteiger partial charge in [-0.15, -0.1) is 0 Å². The summed E-state index contributed by atoms with van der Waals surface area (Å²) in [5.74, 6) is 0.